The number of rotatable bonds is 10. The SMILES string of the molecule is CCCCCC(O)/C(C)=C\C1=CC[C@@H]2C/C(=N\OCCC(=O)OC)C[C@@H]12. The van der Waals surface area contributed by atoms with E-state index in [-0.39, 0.29) is 25.1 Å². The fraction of sp³-hybridized carbons (Fsp3) is 0.714. The molecule has 0 saturated heterocycles. The molecule has 0 aromatic heterocycles. The maximum Gasteiger partial charge on any atom is 0.309 e. The molecular weight excluding hydrogens is 330 g/mol. The summed E-state index contributed by atoms with van der Waals surface area (Å²) in [7, 11) is 1.37. The minimum Gasteiger partial charge on any atom is -0.469 e. The number of aliphatic hydroxyl groups excluding tert-OH is 1. The maximum atomic E-state index is 11.1. The van der Waals surface area contributed by atoms with Crippen molar-refractivity contribution in [2.45, 2.75) is 71.3 Å². The fourth-order valence-electron chi connectivity index (χ4n) is 3.81. The van der Waals surface area contributed by atoms with Gasteiger partial charge < -0.3 is 14.7 Å². The summed E-state index contributed by atoms with van der Waals surface area (Å²) in [4.78, 5) is 16.3. The summed E-state index contributed by atoms with van der Waals surface area (Å²) in [5, 5.41) is 14.6. The standard InChI is InChI=1S/C21H33NO4/c1-4-5-6-7-20(23)15(2)12-16-8-9-17-13-18(14-19(16)17)22-26-11-10-21(24)25-3/h8,12,17,19-20,23H,4-7,9-11,13-14H2,1-3H3/b15-12-,22-18+/t17-,19+,20?/m1/s1. The molecule has 1 saturated carbocycles. The summed E-state index contributed by atoms with van der Waals surface area (Å²) < 4.78 is 4.58. The number of hydrogen-bond donors (Lipinski definition) is 1. The summed E-state index contributed by atoms with van der Waals surface area (Å²) in [6.45, 7) is 4.47. The maximum absolute atomic E-state index is 11.1. The topological polar surface area (TPSA) is 68.1 Å². The quantitative estimate of drug-likeness (QED) is 0.359. The Kier molecular flexibility index (Phi) is 8.36. The third-order valence-electron chi connectivity index (χ3n) is 5.43. The van der Waals surface area contributed by atoms with Crippen molar-refractivity contribution in [1.29, 1.82) is 0 Å². The van der Waals surface area contributed by atoms with Gasteiger partial charge >= 0.3 is 5.97 Å². The highest BCUT2D eigenvalue weighted by Crippen LogP contribution is 2.44. The molecule has 0 aliphatic heterocycles. The van der Waals surface area contributed by atoms with Crippen LogP contribution in [0.1, 0.15) is 65.2 Å². The van der Waals surface area contributed by atoms with Gasteiger partial charge in [-0.05, 0) is 55.6 Å². The lowest BCUT2D eigenvalue weighted by Crippen LogP contribution is -2.09. The highest BCUT2D eigenvalue weighted by molar-refractivity contribution is 5.87. The minimum absolute atomic E-state index is 0.225. The van der Waals surface area contributed by atoms with Gasteiger partial charge in [0, 0.05) is 0 Å². The molecule has 1 N–H and O–H groups in total. The third kappa shape index (κ3) is 5.97. The monoisotopic (exact) mass is 363 g/mol. The molecule has 1 unspecified atom stereocenters. The number of carbonyl (C=O) groups excluding carboxylic acids is 1. The van der Waals surface area contributed by atoms with Gasteiger partial charge in [-0.2, -0.15) is 0 Å². The molecule has 0 aromatic rings. The van der Waals surface area contributed by atoms with E-state index in [0.717, 1.165) is 43.4 Å². The summed E-state index contributed by atoms with van der Waals surface area (Å²) in [5.74, 6) is 0.793. The molecule has 0 bridgehead atoms. The van der Waals surface area contributed by atoms with Crippen molar-refractivity contribution in [3.8, 4) is 0 Å². The molecule has 5 heteroatoms. The van der Waals surface area contributed by atoms with Crippen LogP contribution in [0, 0.1) is 11.8 Å². The van der Waals surface area contributed by atoms with Crippen LogP contribution in [0.4, 0.5) is 0 Å². The Bertz CT molecular complexity index is 564. The molecule has 0 aromatic carbocycles. The van der Waals surface area contributed by atoms with Gasteiger partial charge in [-0.1, -0.05) is 43.5 Å². The molecule has 0 radical (unpaired) electrons. The summed E-state index contributed by atoms with van der Waals surface area (Å²) in [6, 6.07) is 0. The van der Waals surface area contributed by atoms with Crippen molar-refractivity contribution < 1.29 is 19.5 Å². The van der Waals surface area contributed by atoms with E-state index in [1.54, 1.807) is 0 Å². The summed E-state index contributed by atoms with van der Waals surface area (Å²) >= 11 is 0. The van der Waals surface area contributed by atoms with Crippen LogP contribution < -0.4 is 0 Å². The second-order valence-corrected chi connectivity index (χ2v) is 7.43. The van der Waals surface area contributed by atoms with Crippen LogP contribution in [0.2, 0.25) is 0 Å². The number of esters is 1. The molecule has 2 aliphatic rings. The lowest BCUT2D eigenvalue weighted by atomic mass is 9.92. The van der Waals surface area contributed by atoms with E-state index in [4.69, 9.17) is 4.84 Å². The van der Waals surface area contributed by atoms with E-state index < -0.39 is 0 Å². The van der Waals surface area contributed by atoms with Crippen molar-refractivity contribution in [3.05, 3.63) is 23.3 Å². The number of oxime groups is 1. The summed E-state index contributed by atoms with van der Waals surface area (Å²) in [6.07, 6.45) is 11.6. The number of methoxy groups -OCH3 is 1. The first-order valence-electron chi connectivity index (χ1n) is 9.86. The Morgan fingerprint density at radius 1 is 1.42 bits per heavy atom. The number of hydrogen-bond acceptors (Lipinski definition) is 5. The number of unbranched alkanes of at least 4 members (excludes halogenated alkanes) is 2. The van der Waals surface area contributed by atoms with Crippen LogP contribution in [0.25, 0.3) is 0 Å². The largest absolute Gasteiger partial charge is 0.469 e. The molecule has 0 spiro atoms. The predicted molar refractivity (Wildman–Crippen MR) is 103 cm³/mol. The molecule has 3 atom stereocenters. The zero-order valence-electron chi connectivity index (χ0n) is 16.4. The number of nitrogens with zero attached hydrogens (tertiary/aromatic N) is 1. The van der Waals surface area contributed by atoms with Gasteiger partial charge in [0.25, 0.3) is 0 Å². The first-order chi connectivity index (χ1) is 12.5. The molecule has 5 nitrogen and oxygen atoms in total. The van der Waals surface area contributed by atoms with Crippen molar-refractivity contribution in [1.82, 2.24) is 0 Å². The molecule has 0 amide bonds. The van der Waals surface area contributed by atoms with Crippen molar-refractivity contribution in [2.75, 3.05) is 13.7 Å². The first kappa shape index (κ1) is 20.7. The van der Waals surface area contributed by atoms with E-state index >= 15 is 0 Å². The van der Waals surface area contributed by atoms with E-state index in [9.17, 15) is 9.90 Å². The molecule has 2 rings (SSSR count). The highest BCUT2D eigenvalue weighted by atomic mass is 16.6. The average molecular weight is 363 g/mol. The van der Waals surface area contributed by atoms with Crippen molar-refractivity contribution in [3.63, 3.8) is 0 Å². The number of allylic oxidation sites excluding steroid dienone is 3. The fourth-order valence-corrected chi connectivity index (χ4v) is 3.81. The third-order valence-corrected chi connectivity index (χ3v) is 5.43. The Morgan fingerprint density at radius 3 is 2.96 bits per heavy atom. The van der Waals surface area contributed by atoms with Crippen LogP contribution in [-0.2, 0) is 14.4 Å². The molecule has 26 heavy (non-hydrogen) atoms. The van der Waals surface area contributed by atoms with Gasteiger partial charge in [0.15, 0.2) is 0 Å². The average Bonchev–Trinajstić information content (AvgIpc) is 3.20. The normalized spacial score (nSPS) is 25.2. The van der Waals surface area contributed by atoms with Gasteiger partial charge in [0.05, 0.1) is 25.3 Å². The van der Waals surface area contributed by atoms with Crippen LogP contribution in [0.5, 0.6) is 0 Å². The van der Waals surface area contributed by atoms with Gasteiger partial charge in [-0.25, -0.2) is 0 Å². The van der Waals surface area contributed by atoms with Crippen molar-refractivity contribution in [2.24, 2.45) is 17.0 Å². The lowest BCUT2D eigenvalue weighted by molar-refractivity contribution is -0.141. The van der Waals surface area contributed by atoms with Crippen molar-refractivity contribution >= 4 is 11.7 Å². The van der Waals surface area contributed by atoms with Gasteiger partial charge in [-0.3, -0.25) is 4.79 Å². The molecule has 2 aliphatic carbocycles. The zero-order valence-corrected chi connectivity index (χ0v) is 16.4. The number of aliphatic hydroxyl groups is 1. The van der Waals surface area contributed by atoms with Crippen LogP contribution >= 0.6 is 0 Å². The number of ether oxygens (including phenoxy) is 1. The van der Waals surface area contributed by atoms with E-state index in [1.165, 1.54) is 25.5 Å². The smallest absolute Gasteiger partial charge is 0.309 e. The molecule has 1 fully saturated rings. The Labute approximate surface area is 157 Å². The molecular formula is C21H33NO4. The van der Waals surface area contributed by atoms with E-state index in [0.29, 0.717) is 11.8 Å². The second kappa shape index (κ2) is 10.5. The molecule has 0 heterocycles. The minimum atomic E-state index is -0.335. The predicted octanol–water partition coefficient (Wildman–Crippen LogP) is 4.17. The van der Waals surface area contributed by atoms with Crippen LogP contribution in [-0.4, -0.2) is 36.6 Å². The van der Waals surface area contributed by atoms with Crippen LogP contribution in [0.15, 0.2) is 28.5 Å². The first-order valence-corrected chi connectivity index (χ1v) is 9.86. The van der Waals surface area contributed by atoms with Gasteiger partial charge in [0.2, 0.25) is 0 Å². The Balaban J connectivity index is 1.83. The Hall–Kier alpha value is -1.62. The molecule has 146 valence electrons. The van der Waals surface area contributed by atoms with E-state index in [1.807, 2.05) is 6.92 Å². The van der Waals surface area contributed by atoms with E-state index in [2.05, 4.69) is 29.0 Å². The highest BCUT2D eigenvalue weighted by Gasteiger charge is 2.36. The van der Waals surface area contributed by atoms with Gasteiger partial charge in [0.1, 0.15) is 6.61 Å². The zero-order chi connectivity index (χ0) is 18.9. The lowest BCUT2D eigenvalue weighted by Gasteiger charge is -2.15. The van der Waals surface area contributed by atoms with Gasteiger partial charge in [-0.15, -0.1) is 0 Å². The number of fused-ring (bicyclic) bond motifs is 1. The number of carbonyl (C=O) groups is 1. The van der Waals surface area contributed by atoms with Crippen LogP contribution in [0.3, 0.4) is 0 Å². The Morgan fingerprint density at radius 2 is 2.23 bits per heavy atom. The summed E-state index contributed by atoms with van der Waals surface area (Å²) in [5.41, 5.74) is 3.47. The second-order valence-electron chi connectivity index (χ2n) is 7.43.